The number of rotatable bonds is 4. The number of nitrogens with zero attached hydrogens (tertiary/aromatic N) is 2. The Kier molecular flexibility index (Phi) is 6.47. The molecule has 1 atom stereocenters. The van der Waals surface area contributed by atoms with E-state index in [9.17, 15) is 9.59 Å². The highest BCUT2D eigenvalue weighted by atomic mass is 35.5. The minimum absolute atomic E-state index is 0.0253. The maximum Gasteiger partial charge on any atom is 0.242 e. The molecule has 138 valence electrons. The molecule has 25 heavy (non-hydrogen) atoms. The molecule has 1 aliphatic heterocycles. The van der Waals surface area contributed by atoms with E-state index in [1.54, 1.807) is 0 Å². The zero-order valence-electron chi connectivity index (χ0n) is 15.5. The number of hydrogen-bond acceptors (Lipinski definition) is 3. The Morgan fingerprint density at radius 1 is 1.16 bits per heavy atom. The van der Waals surface area contributed by atoms with Crippen molar-refractivity contribution in [3.8, 4) is 0 Å². The van der Waals surface area contributed by atoms with Crippen LogP contribution in [0.2, 0.25) is 5.02 Å². The SMILES string of the molecule is CC(c1ccccc1Cl)N1CCN(C(=O)CNC(=O)C(C)(C)C)CC1. The van der Waals surface area contributed by atoms with Crippen molar-refractivity contribution < 1.29 is 9.59 Å². The van der Waals surface area contributed by atoms with Crippen molar-refractivity contribution in [1.82, 2.24) is 15.1 Å². The van der Waals surface area contributed by atoms with Gasteiger partial charge < -0.3 is 10.2 Å². The first-order chi connectivity index (χ1) is 11.7. The van der Waals surface area contributed by atoms with E-state index in [2.05, 4.69) is 17.1 Å². The third kappa shape index (κ3) is 5.19. The second kappa shape index (κ2) is 8.19. The highest BCUT2D eigenvalue weighted by Crippen LogP contribution is 2.27. The molecule has 5 nitrogen and oxygen atoms in total. The third-order valence-corrected chi connectivity index (χ3v) is 5.00. The van der Waals surface area contributed by atoms with E-state index >= 15 is 0 Å². The average molecular weight is 366 g/mol. The number of hydrogen-bond donors (Lipinski definition) is 1. The minimum atomic E-state index is -0.483. The molecule has 2 amide bonds. The molecule has 0 saturated carbocycles. The molecule has 1 unspecified atom stereocenters. The normalized spacial score (nSPS) is 17.2. The fourth-order valence-corrected chi connectivity index (χ4v) is 3.20. The monoisotopic (exact) mass is 365 g/mol. The third-order valence-electron chi connectivity index (χ3n) is 4.65. The quantitative estimate of drug-likeness (QED) is 0.892. The molecule has 1 saturated heterocycles. The number of piperazine rings is 1. The molecule has 0 aliphatic carbocycles. The Morgan fingerprint density at radius 3 is 2.32 bits per heavy atom. The van der Waals surface area contributed by atoms with Crippen LogP contribution in [0.3, 0.4) is 0 Å². The largest absolute Gasteiger partial charge is 0.347 e. The molecule has 0 radical (unpaired) electrons. The van der Waals surface area contributed by atoms with E-state index in [-0.39, 0.29) is 24.4 Å². The van der Waals surface area contributed by atoms with Crippen LogP contribution in [0.1, 0.15) is 39.3 Å². The van der Waals surface area contributed by atoms with Gasteiger partial charge in [-0.3, -0.25) is 14.5 Å². The Labute approximate surface area is 155 Å². The highest BCUT2D eigenvalue weighted by molar-refractivity contribution is 6.31. The lowest BCUT2D eigenvalue weighted by atomic mass is 9.96. The van der Waals surface area contributed by atoms with Crippen LogP contribution in [0.5, 0.6) is 0 Å². The number of benzene rings is 1. The van der Waals surface area contributed by atoms with Crippen LogP contribution in [-0.4, -0.2) is 54.3 Å². The lowest BCUT2D eigenvalue weighted by molar-refractivity contribution is -0.136. The number of nitrogens with one attached hydrogen (secondary N) is 1. The molecule has 1 aromatic rings. The molecule has 0 bridgehead atoms. The van der Waals surface area contributed by atoms with E-state index < -0.39 is 5.41 Å². The van der Waals surface area contributed by atoms with E-state index in [0.29, 0.717) is 13.1 Å². The van der Waals surface area contributed by atoms with Gasteiger partial charge in [0.1, 0.15) is 0 Å². The predicted molar refractivity (Wildman–Crippen MR) is 100 cm³/mol. The van der Waals surface area contributed by atoms with Crippen LogP contribution in [-0.2, 0) is 9.59 Å². The zero-order chi connectivity index (χ0) is 18.6. The van der Waals surface area contributed by atoms with Gasteiger partial charge >= 0.3 is 0 Å². The van der Waals surface area contributed by atoms with Crippen LogP contribution in [0, 0.1) is 5.41 Å². The second-order valence-corrected chi connectivity index (χ2v) is 7.95. The molecule has 1 heterocycles. The van der Waals surface area contributed by atoms with Gasteiger partial charge in [-0.25, -0.2) is 0 Å². The van der Waals surface area contributed by atoms with Gasteiger partial charge in [0.2, 0.25) is 11.8 Å². The van der Waals surface area contributed by atoms with Gasteiger partial charge in [0.05, 0.1) is 6.54 Å². The first-order valence-corrected chi connectivity index (χ1v) is 9.12. The fraction of sp³-hybridized carbons (Fsp3) is 0.579. The molecule has 6 heteroatoms. The summed E-state index contributed by atoms with van der Waals surface area (Å²) in [6.07, 6.45) is 0. The summed E-state index contributed by atoms with van der Waals surface area (Å²) in [6, 6.07) is 8.10. The van der Waals surface area contributed by atoms with E-state index in [1.165, 1.54) is 0 Å². The van der Waals surface area contributed by atoms with Crippen molar-refractivity contribution in [3.05, 3.63) is 34.9 Å². The van der Waals surface area contributed by atoms with Gasteiger partial charge in [-0.2, -0.15) is 0 Å². The van der Waals surface area contributed by atoms with Gasteiger partial charge in [0, 0.05) is 42.7 Å². The number of amides is 2. The molecule has 0 spiro atoms. The molecular formula is C19H28ClN3O2. The van der Waals surface area contributed by atoms with Crippen molar-refractivity contribution in [2.45, 2.75) is 33.7 Å². The summed E-state index contributed by atoms with van der Waals surface area (Å²) < 4.78 is 0. The summed E-state index contributed by atoms with van der Waals surface area (Å²) in [5, 5.41) is 3.50. The number of carbonyl (C=O) groups is 2. The predicted octanol–water partition coefficient (Wildman–Crippen LogP) is 2.71. The van der Waals surface area contributed by atoms with E-state index in [0.717, 1.165) is 23.7 Å². The van der Waals surface area contributed by atoms with E-state index in [1.807, 2.05) is 49.9 Å². The molecule has 1 fully saturated rings. The summed E-state index contributed by atoms with van der Waals surface area (Å²) in [5.41, 5.74) is 0.630. The summed E-state index contributed by atoms with van der Waals surface area (Å²) in [5.74, 6) is -0.130. The molecule has 1 aliphatic rings. The molecule has 2 rings (SSSR count). The summed E-state index contributed by atoms with van der Waals surface area (Å²) in [6.45, 7) is 10.6. The summed E-state index contributed by atoms with van der Waals surface area (Å²) in [4.78, 5) is 28.3. The zero-order valence-corrected chi connectivity index (χ0v) is 16.3. The smallest absolute Gasteiger partial charge is 0.242 e. The molecule has 1 N–H and O–H groups in total. The van der Waals surface area contributed by atoms with Crippen LogP contribution >= 0.6 is 11.6 Å². The summed E-state index contributed by atoms with van der Waals surface area (Å²) >= 11 is 6.29. The number of carbonyl (C=O) groups excluding carboxylic acids is 2. The van der Waals surface area contributed by atoms with Crippen molar-refractivity contribution in [2.24, 2.45) is 5.41 Å². The van der Waals surface area contributed by atoms with Crippen LogP contribution in [0.15, 0.2) is 24.3 Å². The second-order valence-electron chi connectivity index (χ2n) is 7.55. The topological polar surface area (TPSA) is 52.6 Å². The fourth-order valence-electron chi connectivity index (χ4n) is 2.90. The molecular weight excluding hydrogens is 338 g/mol. The van der Waals surface area contributed by atoms with Crippen molar-refractivity contribution in [3.63, 3.8) is 0 Å². The van der Waals surface area contributed by atoms with Gasteiger partial charge in [0.25, 0.3) is 0 Å². The maximum atomic E-state index is 12.3. The minimum Gasteiger partial charge on any atom is -0.347 e. The van der Waals surface area contributed by atoms with Gasteiger partial charge in [-0.1, -0.05) is 50.6 Å². The van der Waals surface area contributed by atoms with E-state index in [4.69, 9.17) is 11.6 Å². The first-order valence-electron chi connectivity index (χ1n) is 8.74. The Balaban J connectivity index is 1.84. The molecule has 1 aromatic carbocycles. The van der Waals surface area contributed by atoms with Gasteiger partial charge in [0.15, 0.2) is 0 Å². The highest BCUT2D eigenvalue weighted by Gasteiger charge is 2.27. The number of halogens is 1. The van der Waals surface area contributed by atoms with Crippen LogP contribution in [0.25, 0.3) is 0 Å². The standard InChI is InChI=1S/C19H28ClN3O2/c1-14(15-7-5-6-8-16(15)20)22-9-11-23(12-10-22)17(24)13-21-18(25)19(2,3)4/h5-8,14H,9-13H2,1-4H3,(H,21,25). The van der Waals surface area contributed by atoms with Gasteiger partial charge in [-0.05, 0) is 18.6 Å². The molecule has 0 aromatic heterocycles. The summed E-state index contributed by atoms with van der Waals surface area (Å²) in [7, 11) is 0. The Morgan fingerprint density at radius 2 is 1.76 bits per heavy atom. The lowest BCUT2D eigenvalue weighted by Crippen LogP contribution is -2.52. The lowest BCUT2D eigenvalue weighted by Gasteiger charge is -2.38. The Hall–Kier alpha value is -1.59. The van der Waals surface area contributed by atoms with Gasteiger partial charge in [-0.15, -0.1) is 0 Å². The average Bonchev–Trinajstić information content (AvgIpc) is 2.58. The van der Waals surface area contributed by atoms with Crippen LogP contribution in [0.4, 0.5) is 0 Å². The van der Waals surface area contributed by atoms with Crippen molar-refractivity contribution >= 4 is 23.4 Å². The first kappa shape index (κ1) is 19.7. The van der Waals surface area contributed by atoms with Crippen LogP contribution < -0.4 is 5.32 Å². The maximum absolute atomic E-state index is 12.3. The van der Waals surface area contributed by atoms with Crippen molar-refractivity contribution in [2.75, 3.05) is 32.7 Å². The Bertz CT molecular complexity index is 619. The van der Waals surface area contributed by atoms with Crippen molar-refractivity contribution in [1.29, 1.82) is 0 Å².